The number of halogens is 4. The Morgan fingerprint density at radius 2 is 1.82 bits per heavy atom. The monoisotopic (exact) mass is 528 g/mol. The Balaban J connectivity index is 1.68. The number of benzene rings is 1. The standard InChI is InChI=1S/C20H16BrF3N4O5/c21-10-1-9(4-25-5-10)17(30)20-19(32)16(18(31)14(7-29)33-20)28-6-13(26-27-28)8-2-11(22)15(24)12(23)3-8/h1-6,14,16,18-20,29,31-32H,7H2/t14?,16-,18-,19?,20+/m0/s1. The fraction of sp³-hybridized carbons (Fsp3) is 0.300. The predicted molar refractivity (Wildman–Crippen MR) is 108 cm³/mol. The van der Waals surface area contributed by atoms with Gasteiger partial charge in [-0.2, -0.15) is 0 Å². The zero-order valence-corrected chi connectivity index (χ0v) is 18.1. The summed E-state index contributed by atoms with van der Waals surface area (Å²) in [6.07, 6.45) is -2.05. The molecule has 1 fully saturated rings. The number of aliphatic hydroxyl groups is 3. The second-order valence-corrected chi connectivity index (χ2v) is 8.26. The Morgan fingerprint density at radius 3 is 2.45 bits per heavy atom. The molecule has 5 atom stereocenters. The van der Waals surface area contributed by atoms with Crippen LogP contribution in [-0.4, -0.2) is 72.1 Å². The molecule has 0 radical (unpaired) electrons. The van der Waals surface area contributed by atoms with Crippen LogP contribution >= 0.6 is 15.9 Å². The minimum atomic E-state index is -1.65. The van der Waals surface area contributed by atoms with Gasteiger partial charge in [0, 0.05) is 28.0 Å². The van der Waals surface area contributed by atoms with Crippen molar-refractivity contribution in [2.75, 3.05) is 6.61 Å². The molecule has 0 bridgehead atoms. The van der Waals surface area contributed by atoms with Crippen molar-refractivity contribution in [3.63, 3.8) is 0 Å². The highest BCUT2D eigenvalue weighted by atomic mass is 79.9. The van der Waals surface area contributed by atoms with Gasteiger partial charge in [-0.1, -0.05) is 5.21 Å². The number of Topliss-reactive ketones (excluding diaryl/α,β-unsaturated/α-hetero) is 1. The minimum Gasteiger partial charge on any atom is -0.394 e. The van der Waals surface area contributed by atoms with E-state index in [-0.39, 0.29) is 16.8 Å². The summed E-state index contributed by atoms with van der Waals surface area (Å²) in [5.41, 5.74) is -0.115. The van der Waals surface area contributed by atoms with Crippen LogP contribution in [0.3, 0.4) is 0 Å². The summed E-state index contributed by atoms with van der Waals surface area (Å²) in [4.78, 5) is 16.9. The Bertz CT molecular complexity index is 1170. The summed E-state index contributed by atoms with van der Waals surface area (Å²) in [5.74, 6) is -5.16. The summed E-state index contributed by atoms with van der Waals surface area (Å²) in [6, 6.07) is 1.57. The second-order valence-electron chi connectivity index (χ2n) is 7.34. The van der Waals surface area contributed by atoms with Crippen LogP contribution in [0.2, 0.25) is 0 Å². The molecule has 13 heteroatoms. The van der Waals surface area contributed by atoms with Crippen molar-refractivity contribution < 1.29 is 38.0 Å². The van der Waals surface area contributed by atoms with E-state index in [1.807, 2.05) is 0 Å². The Kier molecular flexibility index (Phi) is 6.59. The highest BCUT2D eigenvalue weighted by Gasteiger charge is 2.48. The average molecular weight is 529 g/mol. The zero-order chi connectivity index (χ0) is 23.9. The van der Waals surface area contributed by atoms with Crippen LogP contribution in [0.4, 0.5) is 13.2 Å². The number of carbonyl (C=O) groups is 1. The predicted octanol–water partition coefficient (Wildman–Crippen LogP) is 1.43. The molecular weight excluding hydrogens is 513 g/mol. The molecule has 1 aliphatic rings. The number of hydrogen-bond donors (Lipinski definition) is 3. The molecule has 3 heterocycles. The van der Waals surface area contributed by atoms with Crippen molar-refractivity contribution in [2.45, 2.75) is 30.5 Å². The third-order valence-corrected chi connectivity index (χ3v) is 5.67. The smallest absolute Gasteiger partial charge is 0.195 e. The number of nitrogens with zero attached hydrogens (tertiary/aromatic N) is 4. The van der Waals surface area contributed by atoms with Gasteiger partial charge in [0.1, 0.15) is 36.2 Å². The Morgan fingerprint density at radius 1 is 1.12 bits per heavy atom. The lowest BCUT2D eigenvalue weighted by atomic mass is 9.89. The molecule has 2 aromatic heterocycles. The summed E-state index contributed by atoms with van der Waals surface area (Å²) in [5, 5.41) is 38.7. The minimum absolute atomic E-state index is 0.0849. The van der Waals surface area contributed by atoms with E-state index >= 15 is 0 Å². The van der Waals surface area contributed by atoms with Crippen LogP contribution in [0.5, 0.6) is 0 Å². The molecule has 0 saturated carbocycles. The van der Waals surface area contributed by atoms with E-state index in [4.69, 9.17) is 4.74 Å². The zero-order valence-electron chi connectivity index (χ0n) is 16.5. The first kappa shape index (κ1) is 23.4. The third-order valence-electron chi connectivity index (χ3n) is 5.24. The van der Waals surface area contributed by atoms with E-state index in [2.05, 4.69) is 31.2 Å². The number of ether oxygens (including phenoxy) is 1. The molecule has 0 amide bonds. The van der Waals surface area contributed by atoms with E-state index in [0.717, 1.165) is 10.9 Å². The van der Waals surface area contributed by atoms with Gasteiger partial charge in [-0.3, -0.25) is 9.78 Å². The molecule has 4 rings (SSSR count). The van der Waals surface area contributed by atoms with Gasteiger partial charge in [-0.25, -0.2) is 17.9 Å². The normalized spacial score (nSPS) is 25.2. The van der Waals surface area contributed by atoms with Crippen LogP contribution in [0.15, 0.2) is 41.3 Å². The van der Waals surface area contributed by atoms with Gasteiger partial charge in [0.2, 0.25) is 0 Å². The first-order chi connectivity index (χ1) is 15.7. The molecule has 174 valence electrons. The highest BCUT2D eigenvalue weighted by Crippen LogP contribution is 2.33. The van der Waals surface area contributed by atoms with E-state index in [0.29, 0.717) is 16.6 Å². The molecule has 1 aliphatic heterocycles. The van der Waals surface area contributed by atoms with Gasteiger partial charge in [-0.15, -0.1) is 5.10 Å². The number of pyridine rings is 1. The van der Waals surface area contributed by atoms with Gasteiger partial charge in [-0.05, 0) is 34.1 Å². The van der Waals surface area contributed by atoms with Crippen LogP contribution in [-0.2, 0) is 4.74 Å². The van der Waals surface area contributed by atoms with Crippen molar-refractivity contribution in [3.05, 3.63) is 64.3 Å². The topological polar surface area (TPSA) is 131 Å². The maximum Gasteiger partial charge on any atom is 0.195 e. The largest absolute Gasteiger partial charge is 0.394 e. The van der Waals surface area contributed by atoms with E-state index in [1.165, 1.54) is 18.5 Å². The molecule has 9 nitrogen and oxygen atoms in total. The maximum atomic E-state index is 13.6. The number of rotatable bonds is 5. The number of aliphatic hydroxyl groups excluding tert-OH is 3. The lowest BCUT2D eigenvalue weighted by Crippen LogP contribution is -2.58. The lowest BCUT2D eigenvalue weighted by molar-refractivity contribution is -0.190. The van der Waals surface area contributed by atoms with E-state index < -0.39 is 60.3 Å². The van der Waals surface area contributed by atoms with Crippen molar-refractivity contribution in [1.82, 2.24) is 20.0 Å². The maximum absolute atomic E-state index is 13.6. The SMILES string of the molecule is O=C(c1cncc(Br)c1)[C@H]1OC(CO)[C@H](O)[C@H](n2cc(-c3cc(F)c(F)c(F)c3)nn2)C1O. The number of ketones is 1. The summed E-state index contributed by atoms with van der Waals surface area (Å²) < 4.78 is 47.4. The van der Waals surface area contributed by atoms with Crippen molar-refractivity contribution in [3.8, 4) is 11.3 Å². The van der Waals surface area contributed by atoms with E-state index in [1.54, 1.807) is 0 Å². The number of carbonyl (C=O) groups excluding carboxylic acids is 1. The first-order valence-corrected chi connectivity index (χ1v) is 10.3. The fourth-order valence-electron chi connectivity index (χ4n) is 3.60. The molecule has 1 saturated heterocycles. The van der Waals surface area contributed by atoms with Gasteiger partial charge in [0.05, 0.1) is 12.8 Å². The van der Waals surface area contributed by atoms with Gasteiger partial charge < -0.3 is 20.1 Å². The Hall–Kier alpha value is -2.71. The molecule has 2 unspecified atom stereocenters. The van der Waals surface area contributed by atoms with Gasteiger partial charge >= 0.3 is 0 Å². The van der Waals surface area contributed by atoms with Crippen LogP contribution < -0.4 is 0 Å². The van der Waals surface area contributed by atoms with Gasteiger partial charge in [0.15, 0.2) is 23.2 Å². The molecule has 33 heavy (non-hydrogen) atoms. The lowest BCUT2D eigenvalue weighted by Gasteiger charge is -2.41. The average Bonchev–Trinajstić information content (AvgIpc) is 3.27. The molecule has 0 aliphatic carbocycles. The quantitative estimate of drug-likeness (QED) is 0.335. The summed E-state index contributed by atoms with van der Waals surface area (Å²) in [7, 11) is 0. The van der Waals surface area contributed by atoms with Crippen molar-refractivity contribution >= 4 is 21.7 Å². The molecular formula is C20H16BrF3N4O5. The fourth-order valence-corrected chi connectivity index (χ4v) is 3.97. The number of hydrogen-bond acceptors (Lipinski definition) is 8. The van der Waals surface area contributed by atoms with Crippen molar-refractivity contribution in [1.29, 1.82) is 0 Å². The Labute approximate surface area is 192 Å². The number of aromatic nitrogens is 4. The first-order valence-electron chi connectivity index (χ1n) is 9.55. The van der Waals surface area contributed by atoms with E-state index in [9.17, 15) is 33.3 Å². The molecule has 0 spiro atoms. The molecule has 3 N–H and O–H groups in total. The highest BCUT2D eigenvalue weighted by molar-refractivity contribution is 9.10. The summed E-state index contributed by atoms with van der Waals surface area (Å²) >= 11 is 3.20. The van der Waals surface area contributed by atoms with Crippen LogP contribution in [0.25, 0.3) is 11.3 Å². The third kappa shape index (κ3) is 4.42. The second kappa shape index (κ2) is 9.27. The summed E-state index contributed by atoms with van der Waals surface area (Å²) in [6.45, 7) is -0.680. The molecule has 3 aromatic rings. The van der Waals surface area contributed by atoms with Crippen molar-refractivity contribution in [2.24, 2.45) is 0 Å². The molecule has 1 aromatic carbocycles. The van der Waals surface area contributed by atoms with Crippen LogP contribution in [0, 0.1) is 17.5 Å². The van der Waals surface area contributed by atoms with Gasteiger partial charge in [0.25, 0.3) is 0 Å². The van der Waals surface area contributed by atoms with Crippen LogP contribution in [0.1, 0.15) is 16.4 Å².